The summed E-state index contributed by atoms with van der Waals surface area (Å²) in [6.07, 6.45) is 0.146. The van der Waals surface area contributed by atoms with Gasteiger partial charge in [-0.05, 0) is 25.1 Å². The number of benzene rings is 2. The Labute approximate surface area is 165 Å². The molecule has 0 radical (unpaired) electrons. The first kappa shape index (κ1) is 20.9. The number of carbonyl (C=O) groups excluding carboxylic acids is 2. The van der Waals surface area contributed by atoms with E-state index in [0.717, 1.165) is 16.5 Å². The fourth-order valence-corrected chi connectivity index (χ4v) is 2.97. The van der Waals surface area contributed by atoms with E-state index in [9.17, 15) is 19.7 Å². The van der Waals surface area contributed by atoms with Gasteiger partial charge in [-0.15, -0.1) is 11.8 Å². The Hall–Kier alpha value is -3.38. The topological polar surface area (TPSA) is 122 Å². The highest BCUT2D eigenvalue weighted by Gasteiger charge is 2.14. The van der Waals surface area contributed by atoms with Gasteiger partial charge in [-0.3, -0.25) is 19.7 Å². The fraction of sp³-hybridized carbons (Fsp3) is 0.211. The summed E-state index contributed by atoms with van der Waals surface area (Å²) in [4.78, 5) is 34.8. The number of carbonyl (C=O) groups is 2. The number of esters is 1. The van der Waals surface area contributed by atoms with Crippen LogP contribution in [0.2, 0.25) is 0 Å². The summed E-state index contributed by atoms with van der Waals surface area (Å²) in [5, 5.41) is 22.2. The number of hydrogen-bond acceptors (Lipinski definition) is 7. The first-order valence-corrected chi connectivity index (χ1v) is 9.21. The molecule has 0 aliphatic heterocycles. The molecule has 144 valence electrons. The first-order valence-electron chi connectivity index (χ1n) is 8.22. The molecule has 0 bridgehead atoms. The van der Waals surface area contributed by atoms with Crippen molar-refractivity contribution in [2.75, 3.05) is 17.7 Å². The lowest BCUT2D eigenvalue weighted by molar-refractivity contribution is -0.384. The van der Waals surface area contributed by atoms with E-state index in [4.69, 9.17) is 10.00 Å². The molecule has 2 aromatic carbocycles. The quantitative estimate of drug-likeness (QED) is 0.312. The average Bonchev–Trinajstić information content (AvgIpc) is 2.68. The van der Waals surface area contributed by atoms with Crippen LogP contribution in [-0.4, -0.2) is 29.2 Å². The minimum absolute atomic E-state index is 0.0524. The number of amides is 1. The normalized spacial score (nSPS) is 10.0. The van der Waals surface area contributed by atoms with Crippen LogP contribution in [0.3, 0.4) is 0 Å². The van der Waals surface area contributed by atoms with Crippen LogP contribution in [-0.2, 0) is 14.3 Å². The Bertz CT molecular complexity index is 922. The number of aryl methyl sites for hydroxylation is 1. The highest BCUT2D eigenvalue weighted by atomic mass is 32.2. The summed E-state index contributed by atoms with van der Waals surface area (Å²) < 4.78 is 4.91. The SMILES string of the molecule is Cc1ccc(SCCC(=O)OCC(=O)Nc2ccc([N+](=O)[O-])cc2C#N)cc1. The Morgan fingerprint density at radius 3 is 2.61 bits per heavy atom. The van der Waals surface area contributed by atoms with Gasteiger partial charge in [0.2, 0.25) is 0 Å². The number of nitro benzene ring substituents is 1. The molecule has 0 atom stereocenters. The second-order valence-electron chi connectivity index (χ2n) is 5.72. The second-order valence-corrected chi connectivity index (χ2v) is 6.89. The van der Waals surface area contributed by atoms with E-state index >= 15 is 0 Å². The maximum Gasteiger partial charge on any atom is 0.307 e. The molecule has 0 saturated heterocycles. The van der Waals surface area contributed by atoms with Crippen LogP contribution >= 0.6 is 11.8 Å². The summed E-state index contributed by atoms with van der Waals surface area (Å²) in [5.74, 6) is -0.631. The molecule has 0 heterocycles. The van der Waals surface area contributed by atoms with Gasteiger partial charge in [0, 0.05) is 22.8 Å². The Morgan fingerprint density at radius 1 is 1.25 bits per heavy atom. The van der Waals surface area contributed by atoms with E-state index in [0.29, 0.717) is 5.75 Å². The Balaban J connectivity index is 1.77. The van der Waals surface area contributed by atoms with Gasteiger partial charge in [0.05, 0.1) is 22.6 Å². The minimum atomic E-state index is -0.636. The fourth-order valence-electron chi connectivity index (χ4n) is 2.14. The van der Waals surface area contributed by atoms with Gasteiger partial charge in [0.15, 0.2) is 6.61 Å². The molecule has 9 heteroatoms. The zero-order valence-corrected chi connectivity index (χ0v) is 15.8. The van der Waals surface area contributed by atoms with Crippen LogP contribution in [0.1, 0.15) is 17.5 Å². The molecule has 0 unspecified atom stereocenters. The third kappa shape index (κ3) is 6.41. The van der Waals surface area contributed by atoms with Crippen molar-refractivity contribution >= 4 is 35.0 Å². The van der Waals surface area contributed by atoms with Crippen molar-refractivity contribution in [1.29, 1.82) is 5.26 Å². The maximum atomic E-state index is 11.9. The largest absolute Gasteiger partial charge is 0.456 e. The predicted molar refractivity (Wildman–Crippen MR) is 104 cm³/mol. The molecule has 1 amide bonds. The highest BCUT2D eigenvalue weighted by molar-refractivity contribution is 7.99. The highest BCUT2D eigenvalue weighted by Crippen LogP contribution is 2.21. The van der Waals surface area contributed by atoms with Crippen LogP contribution in [0.25, 0.3) is 0 Å². The standard InChI is InChI=1S/C19H17N3O5S/c1-13-2-5-16(6-3-13)28-9-8-19(24)27-12-18(23)21-17-7-4-15(22(25)26)10-14(17)11-20/h2-7,10H,8-9,12H2,1H3,(H,21,23). The summed E-state index contributed by atoms with van der Waals surface area (Å²) >= 11 is 1.51. The number of anilines is 1. The van der Waals surface area contributed by atoms with Gasteiger partial charge in [0.1, 0.15) is 6.07 Å². The van der Waals surface area contributed by atoms with Crippen molar-refractivity contribution in [1.82, 2.24) is 0 Å². The number of rotatable bonds is 8. The second kappa shape index (κ2) is 10.1. The number of nitrogens with one attached hydrogen (secondary N) is 1. The third-order valence-corrected chi connectivity index (χ3v) is 4.58. The van der Waals surface area contributed by atoms with E-state index in [1.54, 1.807) is 6.07 Å². The van der Waals surface area contributed by atoms with Crippen LogP contribution in [0.4, 0.5) is 11.4 Å². The van der Waals surface area contributed by atoms with Gasteiger partial charge in [-0.2, -0.15) is 5.26 Å². The maximum absolute atomic E-state index is 11.9. The molecule has 0 aliphatic carbocycles. The van der Waals surface area contributed by atoms with Gasteiger partial charge in [-0.1, -0.05) is 17.7 Å². The zero-order valence-electron chi connectivity index (χ0n) is 15.0. The molecular formula is C19H17N3O5S. The molecule has 0 fully saturated rings. The molecule has 0 saturated carbocycles. The number of ether oxygens (including phenoxy) is 1. The Kier molecular flexibility index (Phi) is 7.54. The number of thioether (sulfide) groups is 1. The van der Waals surface area contributed by atoms with Gasteiger partial charge < -0.3 is 10.1 Å². The summed E-state index contributed by atoms with van der Waals surface area (Å²) in [6.45, 7) is 1.49. The van der Waals surface area contributed by atoms with E-state index in [1.165, 1.54) is 23.9 Å². The minimum Gasteiger partial charge on any atom is -0.456 e. The molecule has 8 nitrogen and oxygen atoms in total. The predicted octanol–water partition coefficient (Wildman–Crippen LogP) is 3.44. The van der Waals surface area contributed by atoms with E-state index in [2.05, 4.69) is 5.32 Å². The van der Waals surface area contributed by atoms with Gasteiger partial charge >= 0.3 is 5.97 Å². The lowest BCUT2D eigenvalue weighted by Gasteiger charge is -2.08. The number of hydrogen-bond donors (Lipinski definition) is 1. The lowest BCUT2D eigenvalue weighted by Crippen LogP contribution is -2.21. The van der Waals surface area contributed by atoms with Crippen LogP contribution in [0.15, 0.2) is 47.4 Å². The average molecular weight is 399 g/mol. The summed E-state index contributed by atoms with van der Waals surface area (Å²) in [7, 11) is 0. The molecule has 28 heavy (non-hydrogen) atoms. The molecule has 2 rings (SSSR count). The molecule has 0 aromatic heterocycles. The molecule has 1 N–H and O–H groups in total. The van der Waals surface area contributed by atoms with E-state index < -0.39 is 23.4 Å². The molecule has 0 spiro atoms. The number of non-ortho nitro benzene ring substituents is 1. The number of nitrogens with zero attached hydrogens (tertiary/aromatic N) is 2. The van der Waals surface area contributed by atoms with Crippen molar-refractivity contribution in [2.24, 2.45) is 0 Å². The van der Waals surface area contributed by atoms with Crippen molar-refractivity contribution in [3.8, 4) is 6.07 Å². The molecular weight excluding hydrogens is 382 g/mol. The van der Waals surface area contributed by atoms with E-state index in [1.807, 2.05) is 31.2 Å². The van der Waals surface area contributed by atoms with Crippen LogP contribution in [0, 0.1) is 28.4 Å². The molecule has 2 aromatic rings. The molecule has 0 aliphatic rings. The van der Waals surface area contributed by atoms with Crippen LogP contribution < -0.4 is 5.32 Å². The summed E-state index contributed by atoms with van der Waals surface area (Å²) in [5.41, 5.74) is 0.960. The van der Waals surface area contributed by atoms with Crippen LogP contribution in [0.5, 0.6) is 0 Å². The zero-order chi connectivity index (χ0) is 20.5. The van der Waals surface area contributed by atoms with Crippen molar-refractivity contribution in [3.63, 3.8) is 0 Å². The summed E-state index contributed by atoms with van der Waals surface area (Å²) in [6, 6.07) is 13.2. The van der Waals surface area contributed by atoms with Crippen molar-refractivity contribution in [3.05, 3.63) is 63.7 Å². The number of nitro groups is 1. The third-order valence-electron chi connectivity index (χ3n) is 3.57. The first-order chi connectivity index (χ1) is 13.4. The number of nitriles is 1. The Morgan fingerprint density at radius 2 is 1.96 bits per heavy atom. The van der Waals surface area contributed by atoms with Gasteiger partial charge in [0.25, 0.3) is 11.6 Å². The van der Waals surface area contributed by atoms with Crippen molar-refractivity contribution in [2.45, 2.75) is 18.2 Å². The van der Waals surface area contributed by atoms with Crippen molar-refractivity contribution < 1.29 is 19.2 Å². The lowest BCUT2D eigenvalue weighted by atomic mass is 10.1. The van der Waals surface area contributed by atoms with Gasteiger partial charge in [-0.25, -0.2) is 0 Å². The smallest absolute Gasteiger partial charge is 0.307 e. The monoisotopic (exact) mass is 399 g/mol. The van der Waals surface area contributed by atoms with E-state index in [-0.39, 0.29) is 23.4 Å².